The van der Waals surface area contributed by atoms with Crippen molar-refractivity contribution in [2.75, 3.05) is 5.32 Å². The average Bonchev–Trinajstić information content (AvgIpc) is 2.95. The second-order valence-corrected chi connectivity index (χ2v) is 5.89. The summed E-state index contributed by atoms with van der Waals surface area (Å²) in [5.74, 6) is -0.279. The molecule has 3 rings (SSSR count). The number of amides is 1. The van der Waals surface area contributed by atoms with Crippen molar-refractivity contribution in [3.63, 3.8) is 0 Å². The average molecular weight is 310 g/mol. The molecule has 5 nitrogen and oxygen atoms in total. The second-order valence-electron chi connectivity index (χ2n) is 4.83. The zero-order valence-electron chi connectivity index (χ0n) is 12.2. The number of hydrogen-bond acceptors (Lipinski definition) is 5. The summed E-state index contributed by atoms with van der Waals surface area (Å²) in [5, 5.41) is 5.84. The molecule has 0 atom stereocenters. The van der Waals surface area contributed by atoms with Crippen LogP contribution >= 0.6 is 11.3 Å². The Morgan fingerprint density at radius 2 is 2.05 bits per heavy atom. The van der Waals surface area contributed by atoms with E-state index in [4.69, 9.17) is 0 Å². The number of thiazole rings is 1. The third kappa shape index (κ3) is 3.17. The summed E-state index contributed by atoms with van der Waals surface area (Å²) in [4.78, 5) is 24.8. The SMILES string of the molecule is Cc1cnc(C(=O)Nc2cccc(-c3csc(C)n3)c2)cn1. The summed E-state index contributed by atoms with van der Waals surface area (Å²) in [7, 11) is 0. The number of aromatic nitrogens is 3. The van der Waals surface area contributed by atoms with E-state index in [1.807, 2.05) is 43.5 Å². The van der Waals surface area contributed by atoms with Gasteiger partial charge >= 0.3 is 0 Å². The minimum Gasteiger partial charge on any atom is -0.321 e. The van der Waals surface area contributed by atoms with Gasteiger partial charge in [0.05, 0.1) is 22.6 Å². The van der Waals surface area contributed by atoms with Gasteiger partial charge in [-0.3, -0.25) is 9.78 Å². The minimum absolute atomic E-state index is 0.279. The van der Waals surface area contributed by atoms with Gasteiger partial charge < -0.3 is 5.32 Å². The van der Waals surface area contributed by atoms with Crippen LogP contribution in [0.5, 0.6) is 0 Å². The molecule has 110 valence electrons. The number of rotatable bonds is 3. The fourth-order valence-corrected chi connectivity index (χ4v) is 2.58. The Hall–Kier alpha value is -2.60. The van der Waals surface area contributed by atoms with Crippen molar-refractivity contribution < 1.29 is 4.79 Å². The van der Waals surface area contributed by atoms with Crippen LogP contribution in [0.15, 0.2) is 42.0 Å². The maximum absolute atomic E-state index is 12.2. The summed E-state index contributed by atoms with van der Waals surface area (Å²) < 4.78 is 0. The molecule has 0 fully saturated rings. The first-order valence-electron chi connectivity index (χ1n) is 6.74. The highest BCUT2D eigenvalue weighted by Gasteiger charge is 2.09. The van der Waals surface area contributed by atoms with Crippen molar-refractivity contribution in [2.24, 2.45) is 0 Å². The summed E-state index contributed by atoms with van der Waals surface area (Å²) in [5.41, 5.74) is 3.65. The van der Waals surface area contributed by atoms with Crippen molar-refractivity contribution in [1.29, 1.82) is 0 Å². The first-order valence-corrected chi connectivity index (χ1v) is 7.62. The lowest BCUT2D eigenvalue weighted by Crippen LogP contribution is -2.14. The number of benzene rings is 1. The zero-order chi connectivity index (χ0) is 15.5. The van der Waals surface area contributed by atoms with Gasteiger partial charge in [0.15, 0.2) is 0 Å². The van der Waals surface area contributed by atoms with Crippen LogP contribution in [0.3, 0.4) is 0 Å². The van der Waals surface area contributed by atoms with Crippen molar-refractivity contribution >= 4 is 22.9 Å². The molecule has 0 bridgehead atoms. The van der Waals surface area contributed by atoms with Crippen LogP contribution in [0, 0.1) is 13.8 Å². The van der Waals surface area contributed by atoms with Gasteiger partial charge in [-0.1, -0.05) is 12.1 Å². The Balaban J connectivity index is 1.81. The Morgan fingerprint density at radius 3 is 2.73 bits per heavy atom. The highest BCUT2D eigenvalue weighted by Crippen LogP contribution is 2.24. The molecule has 0 radical (unpaired) electrons. The van der Waals surface area contributed by atoms with E-state index in [2.05, 4.69) is 20.3 Å². The number of carbonyl (C=O) groups is 1. The first-order chi connectivity index (χ1) is 10.6. The molecule has 1 amide bonds. The molecule has 0 saturated heterocycles. The molecule has 22 heavy (non-hydrogen) atoms. The standard InChI is InChI=1S/C16H14N4OS/c1-10-7-18-14(8-17-10)16(21)20-13-5-3-4-12(6-13)15-9-22-11(2)19-15/h3-9H,1-2H3,(H,20,21). The largest absolute Gasteiger partial charge is 0.321 e. The topological polar surface area (TPSA) is 67.8 Å². The lowest BCUT2D eigenvalue weighted by molar-refractivity contribution is 0.102. The molecule has 0 aliphatic rings. The van der Waals surface area contributed by atoms with Crippen LogP contribution in [0.1, 0.15) is 21.2 Å². The molecule has 0 saturated carbocycles. The first kappa shape index (κ1) is 14.3. The second kappa shape index (κ2) is 6.03. The van der Waals surface area contributed by atoms with Crippen LogP contribution in [-0.2, 0) is 0 Å². The molecule has 2 heterocycles. The van der Waals surface area contributed by atoms with Gasteiger partial charge in [0.2, 0.25) is 0 Å². The maximum atomic E-state index is 12.2. The van der Waals surface area contributed by atoms with Crippen molar-refractivity contribution in [3.8, 4) is 11.3 Å². The molecule has 2 aromatic heterocycles. The van der Waals surface area contributed by atoms with Gasteiger partial charge in [0.25, 0.3) is 5.91 Å². The van der Waals surface area contributed by atoms with Gasteiger partial charge in [-0.15, -0.1) is 11.3 Å². The number of hydrogen-bond donors (Lipinski definition) is 1. The quantitative estimate of drug-likeness (QED) is 0.804. The third-order valence-corrected chi connectivity index (χ3v) is 3.82. The highest BCUT2D eigenvalue weighted by atomic mass is 32.1. The van der Waals surface area contributed by atoms with Gasteiger partial charge in [-0.2, -0.15) is 0 Å². The molecule has 0 unspecified atom stereocenters. The third-order valence-electron chi connectivity index (χ3n) is 3.05. The fraction of sp³-hybridized carbons (Fsp3) is 0.125. The van der Waals surface area contributed by atoms with Crippen molar-refractivity contribution in [3.05, 3.63) is 58.4 Å². The molecule has 0 spiro atoms. The van der Waals surface area contributed by atoms with E-state index in [0.717, 1.165) is 22.0 Å². The van der Waals surface area contributed by atoms with Crippen LogP contribution < -0.4 is 5.32 Å². The maximum Gasteiger partial charge on any atom is 0.275 e. The molecule has 0 aliphatic heterocycles. The lowest BCUT2D eigenvalue weighted by Gasteiger charge is -2.06. The normalized spacial score (nSPS) is 10.5. The van der Waals surface area contributed by atoms with Crippen LogP contribution in [-0.4, -0.2) is 20.9 Å². The number of nitrogens with one attached hydrogen (secondary N) is 1. The van der Waals surface area contributed by atoms with Crippen LogP contribution in [0.25, 0.3) is 11.3 Å². The Morgan fingerprint density at radius 1 is 1.18 bits per heavy atom. The molecule has 6 heteroatoms. The van der Waals surface area contributed by atoms with E-state index in [0.29, 0.717) is 11.4 Å². The van der Waals surface area contributed by atoms with Gasteiger partial charge in [-0.25, -0.2) is 9.97 Å². The Bertz CT molecular complexity index is 811. The summed E-state index contributed by atoms with van der Waals surface area (Å²) >= 11 is 1.60. The number of aryl methyl sites for hydroxylation is 2. The fourth-order valence-electron chi connectivity index (χ4n) is 1.96. The molecule has 1 N–H and O–H groups in total. The van der Waals surface area contributed by atoms with E-state index in [9.17, 15) is 4.79 Å². The van der Waals surface area contributed by atoms with E-state index in [-0.39, 0.29) is 5.91 Å². The van der Waals surface area contributed by atoms with Crippen LogP contribution in [0.4, 0.5) is 5.69 Å². The predicted molar refractivity (Wildman–Crippen MR) is 87.0 cm³/mol. The van der Waals surface area contributed by atoms with E-state index in [1.165, 1.54) is 6.20 Å². The zero-order valence-corrected chi connectivity index (χ0v) is 13.0. The molecular weight excluding hydrogens is 296 g/mol. The number of anilines is 1. The summed E-state index contributed by atoms with van der Waals surface area (Å²) in [6, 6.07) is 7.59. The van der Waals surface area contributed by atoms with Crippen molar-refractivity contribution in [2.45, 2.75) is 13.8 Å². The van der Waals surface area contributed by atoms with E-state index >= 15 is 0 Å². The number of carbonyl (C=O) groups excluding carboxylic acids is 1. The molecule has 0 aliphatic carbocycles. The van der Waals surface area contributed by atoms with Gasteiger partial charge in [-0.05, 0) is 26.0 Å². The van der Waals surface area contributed by atoms with Gasteiger partial charge in [0, 0.05) is 22.8 Å². The van der Waals surface area contributed by atoms with E-state index in [1.54, 1.807) is 17.5 Å². The Kier molecular flexibility index (Phi) is 3.93. The molecular formula is C16H14N4OS. The molecule has 1 aromatic carbocycles. The van der Waals surface area contributed by atoms with Gasteiger partial charge in [0.1, 0.15) is 5.69 Å². The predicted octanol–water partition coefficient (Wildman–Crippen LogP) is 3.47. The summed E-state index contributed by atoms with van der Waals surface area (Å²) in [6.07, 6.45) is 3.04. The minimum atomic E-state index is -0.279. The van der Waals surface area contributed by atoms with E-state index < -0.39 is 0 Å². The smallest absolute Gasteiger partial charge is 0.275 e. The monoisotopic (exact) mass is 310 g/mol. The lowest BCUT2D eigenvalue weighted by atomic mass is 10.1. The summed E-state index contributed by atoms with van der Waals surface area (Å²) in [6.45, 7) is 3.80. The van der Waals surface area contributed by atoms with Crippen LogP contribution in [0.2, 0.25) is 0 Å². The van der Waals surface area contributed by atoms with Crippen molar-refractivity contribution in [1.82, 2.24) is 15.0 Å². The Labute approximate surface area is 132 Å². The molecule has 3 aromatic rings. The highest BCUT2D eigenvalue weighted by molar-refractivity contribution is 7.09. The number of nitrogens with zero attached hydrogens (tertiary/aromatic N) is 3.